The molecule has 0 saturated heterocycles. The van der Waals surface area contributed by atoms with Gasteiger partial charge in [-0.3, -0.25) is 9.78 Å². The molecule has 1 N–H and O–H groups in total. The molecule has 0 amide bonds. The molecular formula is C16H12N2O3. The number of nitrogens with one attached hydrogen (secondary N) is 1. The number of esters is 1. The van der Waals surface area contributed by atoms with Gasteiger partial charge in [-0.05, 0) is 29.3 Å². The van der Waals surface area contributed by atoms with Crippen LogP contribution in [0.1, 0.15) is 10.4 Å². The molecule has 0 aliphatic carbocycles. The fourth-order valence-electron chi connectivity index (χ4n) is 2.24. The molecule has 0 fully saturated rings. The van der Waals surface area contributed by atoms with E-state index in [9.17, 15) is 9.59 Å². The number of carbonyl (C=O) groups is 2. The molecule has 0 aliphatic heterocycles. The van der Waals surface area contributed by atoms with Crippen LogP contribution in [-0.4, -0.2) is 28.8 Å². The lowest BCUT2D eigenvalue weighted by Gasteiger charge is -2.02. The van der Waals surface area contributed by atoms with Crippen LogP contribution in [0.5, 0.6) is 0 Å². The fourth-order valence-corrected chi connectivity index (χ4v) is 2.24. The molecule has 0 saturated carbocycles. The molecule has 5 heteroatoms. The number of hydrogen-bond donors (Lipinski definition) is 1. The number of methoxy groups -OCH3 is 1. The van der Waals surface area contributed by atoms with E-state index < -0.39 is 11.8 Å². The third-order valence-electron chi connectivity index (χ3n) is 3.31. The summed E-state index contributed by atoms with van der Waals surface area (Å²) in [6.45, 7) is 0. The van der Waals surface area contributed by atoms with Gasteiger partial charge >= 0.3 is 5.97 Å². The Kier molecular flexibility index (Phi) is 3.23. The Morgan fingerprint density at radius 1 is 1.10 bits per heavy atom. The van der Waals surface area contributed by atoms with Crippen molar-refractivity contribution in [3.63, 3.8) is 0 Å². The van der Waals surface area contributed by atoms with Gasteiger partial charge in [0.05, 0.1) is 12.7 Å². The summed E-state index contributed by atoms with van der Waals surface area (Å²) in [5.74, 6) is -1.52. The molecule has 5 nitrogen and oxygen atoms in total. The predicted octanol–water partition coefficient (Wildman–Crippen LogP) is 2.59. The van der Waals surface area contributed by atoms with Gasteiger partial charge in [-0.15, -0.1) is 0 Å². The number of fused-ring (bicyclic) bond motifs is 1. The molecule has 21 heavy (non-hydrogen) atoms. The number of pyridine rings is 1. The van der Waals surface area contributed by atoms with Crippen molar-refractivity contribution in [1.29, 1.82) is 0 Å². The van der Waals surface area contributed by atoms with Gasteiger partial charge in [-0.25, -0.2) is 4.79 Å². The number of ketones is 1. The summed E-state index contributed by atoms with van der Waals surface area (Å²) < 4.78 is 4.47. The lowest BCUT2D eigenvalue weighted by atomic mass is 10.0. The molecular weight excluding hydrogens is 268 g/mol. The van der Waals surface area contributed by atoms with Crippen LogP contribution in [0, 0.1) is 0 Å². The number of hydrogen-bond acceptors (Lipinski definition) is 4. The first-order valence-electron chi connectivity index (χ1n) is 6.35. The highest BCUT2D eigenvalue weighted by Crippen LogP contribution is 2.26. The summed E-state index contributed by atoms with van der Waals surface area (Å²) in [4.78, 5) is 30.3. The van der Waals surface area contributed by atoms with Crippen LogP contribution < -0.4 is 0 Å². The van der Waals surface area contributed by atoms with E-state index >= 15 is 0 Å². The lowest BCUT2D eigenvalue weighted by molar-refractivity contribution is -0.135. The maximum absolute atomic E-state index is 11.9. The van der Waals surface area contributed by atoms with Gasteiger partial charge in [-0.1, -0.05) is 12.1 Å². The predicted molar refractivity (Wildman–Crippen MR) is 77.9 cm³/mol. The highest BCUT2D eigenvalue weighted by molar-refractivity contribution is 6.42. The van der Waals surface area contributed by atoms with Crippen molar-refractivity contribution in [2.24, 2.45) is 0 Å². The zero-order valence-corrected chi connectivity index (χ0v) is 11.3. The minimum atomic E-state index is -0.867. The molecule has 0 radical (unpaired) electrons. The highest BCUT2D eigenvalue weighted by atomic mass is 16.5. The van der Waals surface area contributed by atoms with Crippen LogP contribution in [-0.2, 0) is 9.53 Å². The molecule has 2 aromatic heterocycles. The van der Waals surface area contributed by atoms with Gasteiger partial charge in [0, 0.05) is 29.5 Å². The number of aromatic nitrogens is 2. The van der Waals surface area contributed by atoms with Crippen LogP contribution in [0.2, 0.25) is 0 Å². The summed E-state index contributed by atoms with van der Waals surface area (Å²) in [6, 6.07) is 9.46. The summed E-state index contributed by atoms with van der Waals surface area (Å²) in [5, 5.41) is 0.697. The van der Waals surface area contributed by atoms with Crippen molar-refractivity contribution in [3.05, 3.63) is 54.5 Å². The molecule has 1 aromatic carbocycles. The molecule has 104 valence electrons. The molecule has 0 aliphatic rings. The average Bonchev–Trinajstić information content (AvgIpc) is 2.97. The van der Waals surface area contributed by atoms with Gasteiger partial charge in [0.15, 0.2) is 0 Å². The van der Waals surface area contributed by atoms with Crippen molar-refractivity contribution in [2.45, 2.75) is 0 Å². The van der Waals surface area contributed by atoms with Crippen molar-refractivity contribution in [1.82, 2.24) is 9.97 Å². The van der Waals surface area contributed by atoms with Crippen LogP contribution in [0.4, 0.5) is 0 Å². The number of Topliss-reactive ketones (excluding diaryl/α,β-unsaturated/α-hetero) is 1. The normalized spacial score (nSPS) is 10.5. The molecule has 2 heterocycles. The van der Waals surface area contributed by atoms with E-state index in [4.69, 9.17) is 0 Å². The van der Waals surface area contributed by atoms with E-state index in [1.54, 1.807) is 12.4 Å². The van der Waals surface area contributed by atoms with Crippen molar-refractivity contribution in [2.75, 3.05) is 7.11 Å². The highest BCUT2D eigenvalue weighted by Gasteiger charge is 2.20. The Morgan fingerprint density at radius 3 is 2.57 bits per heavy atom. The maximum atomic E-state index is 11.9. The molecule has 0 spiro atoms. The third-order valence-corrected chi connectivity index (χ3v) is 3.31. The first kappa shape index (κ1) is 13.1. The Bertz CT molecular complexity index is 822. The van der Waals surface area contributed by atoms with E-state index in [-0.39, 0.29) is 0 Å². The van der Waals surface area contributed by atoms with Gasteiger partial charge in [0.1, 0.15) is 0 Å². The lowest BCUT2D eigenvalue weighted by Crippen LogP contribution is -2.15. The second-order valence-electron chi connectivity index (χ2n) is 4.52. The number of carbonyl (C=O) groups excluding carboxylic acids is 2. The topological polar surface area (TPSA) is 72.1 Å². The van der Waals surface area contributed by atoms with Gasteiger partial charge < -0.3 is 9.72 Å². The van der Waals surface area contributed by atoms with E-state index in [1.807, 2.05) is 30.3 Å². The van der Waals surface area contributed by atoms with Crippen LogP contribution in [0.3, 0.4) is 0 Å². The smallest absolute Gasteiger partial charge is 0.379 e. The number of ether oxygens (including phenoxy) is 1. The number of benzene rings is 1. The van der Waals surface area contributed by atoms with Crippen LogP contribution in [0.25, 0.3) is 22.0 Å². The van der Waals surface area contributed by atoms with E-state index in [0.29, 0.717) is 10.9 Å². The summed E-state index contributed by atoms with van der Waals surface area (Å²) >= 11 is 0. The van der Waals surface area contributed by atoms with Crippen molar-refractivity contribution >= 4 is 22.7 Å². The molecule has 3 aromatic rings. The Morgan fingerprint density at radius 2 is 1.86 bits per heavy atom. The summed E-state index contributed by atoms with van der Waals surface area (Å²) in [5.41, 5.74) is 3.14. The second-order valence-corrected chi connectivity index (χ2v) is 4.52. The fraction of sp³-hybridized carbons (Fsp3) is 0.0625. The van der Waals surface area contributed by atoms with Gasteiger partial charge in [0.25, 0.3) is 5.78 Å². The monoisotopic (exact) mass is 280 g/mol. The molecule has 0 bridgehead atoms. The number of rotatable bonds is 3. The second kappa shape index (κ2) is 5.20. The Hall–Kier alpha value is -2.95. The first-order valence-corrected chi connectivity index (χ1v) is 6.35. The van der Waals surface area contributed by atoms with Gasteiger partial charge in [-0.2, -0.15) is 0 Å². The molecule has 0 unspecified atom stereocenters. The Labute approximate surface area is 120 Å². The minimum Gasteiger partial charge on any atom is -0.463 e. The first-order chi connectivity index (χ1) is 10.2. The molecule has 0 atom stereocenters. The van der Waals surface area contributed by atoms with Crippen molar-refractivity contribution < 1.29 is 14.3 Å². The summed E-state index contributed by atoms with van der Waals surface area (Å²) in [7, 11) is 1.19. The molecule has 3 rings (SSSR count). The van der Waals surface area contributed by atoms with E-state index in [2.05, 4.69) is 14.7 Å². The van der Waals surface area contributed by atoms with E-state index in [1.165, 1.54) is 13.3 Å². The number of aromatic amines is 1. The van der Waals surface area contributed by atoms with Crippen molar-refractivity contribution in [3.8, 4) is 11.1 Å². The standard InChI is InChI=1S/C16H12N2O3/c1-21-16(20)15(19)13-9-18-14-8-11(2-3-12(13)14)10-4-6-17-7-5-10/h2-9,18H,1H3. The van der Waals surface area contributed by atoms with Crippen LogP contribution >= 0.6 is 0 Å². The average molecular weight is 280 g/mol. The van der Waals surface area contributed by atoms with E-state index in [0.717, 1.165) is 16.6 Å². The SMILES string of the molecule is COC(=O)C(=O)c1c[nH]c2cc(-c3ccncc3)ccc12. The summed E-state index contributed by atoms with van der Waals surface area (Å²) in [6.07, 6.45) is 4.97. The maximum Gasteiger partial charge on any atom is 0.379 e. The zero-order chi connectivity index (χ0) is 14.8. The largest absolute Gasteiger partial charge is 0.463 e. The zero-order valence-electron chi connectivity index (χ0n) is 11.3. The van der Waals surface area contributed by atoms with Gasteiger partial charge in [0.2, 0.25) is 0 Å². The number of H-pyrrole nitrogens is 1. The quantitative estimate of drug-likeness (QED) is 0.454. The Balaban J connectivity index is 2.06. The van der Waals surface area contributed by atoms with Crippen LogP contribution in [0.15, 0.2) is 48.9 Å². The third kappa shape index (κ3) is 2.29. The number of nitrogens with zero attached hydrogens (tertiary/aromatic N) is 1. The minimum absolute atomic E-state index is 0.318.